The van der Waals surface area contributed by atoms with E-state index in [1.165, 1.54) is 0 Å². The molecule has 0 bridgehead atoms. The van der Waals surface area contributed by atoms with E-state index in [0.717, 1.165) is 13.0 Å². The van der Waals surface area contributed by atoms with Crippen LogP contribution in [-0.4, -0.2) is 43.6 Å². The average molecular weight is 194 g/mol. The fraction of sp³-hybridized carbons (Fsp3) is 1.00. The molecule has 0 amide bonds. The van der Waals surface area contributed by atoms with E-state index < -0.39 is 0 Å². The van der Waals surface area contributed by atoms with Crippen molar-refractivity contribution in [1.29, 1.82) is 0 Å². The molecule has 13 heavy (non-hydrogen) atoms. The van der Waals surface area contributed by atoms with Crippen molar-refractivity contribution in [2.75, 3.05) is 33.0 Å². The first kappa shape index (κ1) is 15.3. The third kappa shape index (κ3) is 11.8. The highest BCUT2D eigenvalue weighted by Crippen LogP contribution is 1.99. The van der Waals surface area contributed by atoms with Gasteiger partial charge < -0.3 is 20.1 Å². The zero-order chi connectivity index (χ0) is 9.23. The molecule has 0 saturated carbocycles. The van der Waals surface area contributed by atoms with Crippen molar-refractivity contribution in [1.82, 2.24) is 0 Å². The van der Waals surface area contributed by atoms with Crippen molar-refractivity contribution in [3.05, 3.63) is 0 Å². The maximum absolute atomic E-state index is 8.38. The second-order valence-corrected chi connectivity index (χ2v) is 2.92. The van der Waals surface area contributed by atoms with E-state index in [1.54, 1.807) is 0 Å². The highest BCUT2D eigenvalue weighted by Gasteiger charge is 1.97. The molecule has 0 aliphatic heterocycles. The number of hydrogen-bond acceptors (Lipinski definition) is 3. The van der Waals surface area contributed by atoms with Crippen LogP contribution in [0, 0.1) is 5.92 Å². The molecule has 0 aromatic heterocycles. The Hall–Kier alpha value is -0.160. The minimum Gasteiger partial charge on any atom is -0.412 e. The van der Waals surface area contributed by atoms with E-state index in [-0.39, 0.29) is 12.1 Å². The molecule has 1 atom stereocenters. The van der Waals surface area contributed by atoms with Crippen LogP contribution in [0.4, 0.5) is 0 Å². The molecule has 1 unspecified atom stereocenters. The van der Waals surface area contributed by atoms with Gasteiger partial charge in [0, 0.05) is 6.61 Å². The molecule has 0 aromatic carbocycles. The minimum atomic E-state index is 0. The van der Waals surface area contributed by atoms with Gasteiger partial charge in [-0.3, -0.25) is 0 Å². The van der Waals surface area contributed by atoms with Gasteiger partial charge in [-0.2, -0.15) is 0 Å². The topological polar surface area (TPSA) is 70.2 Å². The van der Waals surface area contributed by atoms with Gasteiger partial charge in [-0.25, -0.2) is 0 Å². The lowest BCUT2D eigenvalue weighted by atomic mass is 10.1. The van der Waals surface area contributed by atoms with Crippen LogP contribution in [0.15, 0.2) is 0 Å². The van der Waals surface area contributed by atoms with Crippen molar-refractivity contribution in [3.63, 3.8) is 0 Å². The Morgan fingerprint density at radius 3 is 2.31 bits per heavy atom. The summed E-state index contributed by atoms with van der Waals surface area (Å²) < 4.78 is 10.3. The lowest BCUT2D eigenvalue weighted by molar-refractivity contribution is 0.0235. The molecule has 0 aromatic rings. The smallest absolute Gasteiger partial charge is 0.0701 e. The van der Waals surface area contributed by atoms with Crippen molar-refractivity contribution in [2.45, 2.75) is 20.3 Å². The number of hydrogen-bond donors (Lipinski definition) is 1. The van der Waals surface area contributed by atoms with Gasteiger partial charge >= 0.3 is 0 Å². The van der Waals surface area contributed by atoms with E-state index in [4.69, 9.17) is 14.6 Å². The summed E-state index contributed by atoms with van der Waals surface area (Å²) in [5.74, 6) is 0.628. The largest absolute Gasteiger partial charge is 0.412 e. The second kappa shape index (κ2) is 11.8. The predicted molar refractivity (Wildman–Crippen MR) is 51.8 cm³/mol. The summed E-state index contributed by atoms with van der Waals surface area (Å²) >= 11 is 0. The first-order valence-corrected chi connectivity index (χ1v) is 4.57. The third-order valence-electron chi connectivity index (χ3n) is 1.71. The van der Waals surface area contributed by atoms with Crippen LogP contribution < -0.4 is 0 Å². The summed E-state index contributed by atoms with van der Waals surface area (Å²) in [6.07, 6.45) is 1.15. The lowest BCUT2D eigenvalue weighted by Gasteiger charge is -2.08. The molecular formula is C9H22O4. The summed E-state index contributed by atoms with van der Waals surface area (Å²) in [5.41, 5.74) is 0. The zero-order valence-corrected chi connectivity index (χ0v) is 8.58. The van der Waals surface area contributed by atoms with Crippen LogP contribution in [0.5, 0.6) is 0 Å². The number of ether oxygens (including phenoxy) is 2. The predicted octanol–water partition coefficient (Wildman–Crippen LogP) is 0.233. The molecule has 82 valence electrons. The molecule has 0 radical (unpaired) electrons. The van der Waals surface area contributed by atoms with Crippen LogP contribution in [0.25, 0.3) is 0 Å². The SMILES string of the molecule is CCC(C)COCCOCCO.O. The zero-order valence-electron chi connectivity index (χ0n) is 8.58. The molecule has 0 spiro atoms. The van der Waals surface area contributed by atoms with Crippen LogP contribution in [-0.2, 0) is 9.47 Å². The Morgan fingerprint density at radius 2 is 1.77 bits per heavy atom. The maximum atomic E-state index is 8.38. The van der Waals surface area contributed by atoms with Crippen LogP contribution in [0.3, 0.4) is 0 Å². The molecule has 0 fully saturated rings. The number of rotatable bonds is 8. The first-order chi connectivity index (χ1) is 5.81. The van der Waals surface area contributed by atoms with Crippen molar-refractivity contribution in [3.8, 4) is 0 Å². The Labute approximate surface area is 80.2 Å². The van der Waals surface area contributed by atoms with Gasteiger partial charge in [-0.1, -0.05) is 20.3 Å². The second-order valence-electron chi connectivity index (χ2n) is 2.92. The van der Waals surface area contributed by atoms with Crippen LogP contribution in [0.2, 0.25) is 0 Å². The summed E-state index contributed by atoms with van der Waals surface area (Å²) in [6.45, 7) is 6.82. The first-order valence-electron chi connectivity index (χ1n) is 4.57. The Kier molecular flexibility index (Phi) is 14.0. The molecule has 0 aliphatic carbocycles. The molecule has 0 saturated heterocycles. The van der Waals surface area contributed by atoms with E-state index in [2.05, 4.69) is 13.8 Å². The van der Waals surface area contributed by atoms with Crippen molar-refractivity contribution < 1.29 is 20.1 Å². The van der Waals surface area contributed by atoms with E-state index in [9.17, 15) is 0 Å². The average Bonchev–Trinajstić information content (AvgIpc) is 2.10. The Morgan fingerprint density at radius 1 is 1.15 bits per heavy atom. The van der Waals surface area contributed by atoms with Gasteiger partial charge in [-0.15, -0.1) is 0 Å². The number of aliphatic hydroxyl groups is 1. The quantitative estimate of drug-likeness (QED) is 0.562. The molecule has 3 N–H and O–H groups in total. The molecular weight excluding hydrogens is 172 g/mol. The molecule has 0 heterocycles. The Bertz CT molecular complexity index is 87.7. The monoisotopic (exact) mass is 194 g/mol. The summed E-state index contributed by atoms with van der Waals surface area (Å²) in [7, 11) is 0. The summed E-state index contributed by atoms with van der Waals surface area (Å²) in [4.78, 5) is 0. The van der Waals surface area contributed by atoms with Gasteiger partial charge in [0.25, 0.3) is 0 Å². The summed E-state index contributed by atoms with van der Waals surface area (Å²) in [6, 6.07) is 0. The minimum absolute atomic E-state index is 0. The Balaban J connectivity index is 0. The highest BCUT2D eigenvalue weighted by atomic mass is 16.5. The van der Waals surface area contributed by atoms with Gasteiger partial charge in [0.2, 0.25) is 0 Å². The standard InChI is InChI=1S/C9H20O3.H2O/c1-3-9(2)8-12-7-6-11-5-4-10;/h9-10H,3-8H2,1-2H3;1H2. The fourth-order valence-electron chi connectivity index (χ4n) is 0.687. The molecule has 0 rings (SSSR count). The van der Waals surface area contributed by atoms with Crippen molar-refractivity contribution >= 4 is 0 Å². The molecule has 0 aliphatic rings. The van der Waals surface area contributed by atoms with E-state index in [1.807, 2.05) is 0 Å². The third-order valence-corrected chi connectivity index (χ3v) is 1.71. The van der Waals surface area contributed by atoms with Crippen molar-refractivity contribution in [2.24, 2.45) is 5.92 Å². The van der Waals surface area contributed by atoms with Gasteiger partial charge in [0.05, 0.1) is 26.4 Å². The molecule has 4 heteroatoms. The highest BCUT2D eigenvalue weighted by molar-refractivity contribution is 4.45. The van der Waals surface area contributed by atoms with Gasteiger partial charge in [0.1, 0.15) is 0 Å². The van der Waals surface area contributed by atoms with E-state index in [0.29, 0.717) is 25.7 Å². The number of aliphatic hydroxyl groups excluding tert-OH is 1. The normalized spacial score (nSPS) is 12.2. The van der Waals surface area contributed by atoms with Gasteiger partial charge in [-0.05, 0) is 5.92 Å². The van der Waals surface area contributed by atoms with Crippen LogP contribution in [0.1, 0.15) is 20.3 Å². The van der Waals surface area contributed by atoms with Crippen LogP contribution >= 0.6 is 0 Å². The molecule has 4 nitrogen and oxygen atoms in total. The lowest BCUT2D eigenvalue weighted by Crippen LogP contribution is -2.11. The summed E-state index contributed by atoms with van der Waals surface area (Å²) in [5, 5.41) is 8.38. The maximum Gasteiger partial charge on any atom is 0.0701 e. The van der Waals surface area contributed by atoms with Gasteiger partial charge in [0.15, 0.2) is 0 Å². The van der Waals surface area contributed by atoms with E-state index >= 15 is 0 Å². The fourth-order valence-corrected chi connectivity index (χ4v) is 0.687.